The lowest BCUT2D eigenvalue weighted by Gasteiger charge is -2.40. The standard InChI is InChI=1S/C15H24N2O3S/c1-3-15(4-2)11-13(9-10-20-15)17-21(18,19)14-7-5-12(16)6-8-14/h5-8,13,17H,3-4,9-11,16H2,1-2H3. The van der Waals surface area contributed by atoms with E-state index in [4.69, 9.17) is 10.5 Å². The largest absolute Gasteiger partial charge is 0.399 e. The van der Waals surface area contributed by atoms with Crippen LogP contribution in [0, 0.1) is 0 Å². The van der Waals surface area contributed by atoms with Crippen LogP contribution < -0.4 is 10.5 Å². The smallest absolute Gasteiger partial charge is 0.240 e. The normalized spacial score (nSPS) is 22.1. The first-order chi connectivity index (χ1) is 9.91. The van der Waals surface area contributed by atoms with Gasteiger partial charge in [-0.25, -0.2) is 13.1 Å². The molecule has 118 valence electrons. The first-order valence-corrected chi connectivity index (χ1v) is 8.91. The molecule has 21 heavy (non-hydrogen) atoms. The molecule has 1 aliphatic rings. The second kappa shape index (κ2) is 6.34. The fourth-order valence-electron chi connectivity index (χ4n) is 2.81. The predicted molar refractivity (Wildman–Crippen MR) is 83.5 cm³/mol. The molecule has 1 atom stereocenters. The van der Waals surface area contributed by atoms with E-state index in [0.717, 1.165) is 12.8 Å². The molecule has 0 bridgehead atoms. The van der Waals surface area contributed by atoms with Crippen molar-refractivity contribution in [3.05, 3.63) is 24.3 Å². The average Bonchev–Trinajstić information content (AvgIpc) is 2.47. The van der Waals surface area contributed by atoms with Gasteiger partial charge in [-0.3, -0.25) is 0 Å². The number of nitrogens with one attached hydrogen (secondary N) is 1. The molecule has 0 spiro atoms. The number of hydrogen-bond donors (Lipinski definition) is 2. The van der Waals surface area contributed by atoms with E-state index in [1.807, 2.05) is 0 Å². The topological polar surface area (TPSA) is 81.4 Å². The molecule has 0 saturated carbocycles. The summed E-state index contributed by atoms with van der Waals surface area (Å²) in [6.07, 6.45) is 3.21. The van der Waals surface area contributed by atoms with Gasteiger partial charge < -0.3 is 10.5 Å². The number of benzene rings is 1. The lowest BCUT2D eigenvalue weighted by atomic mass is 9.86. The van der Waals surface area contributed by atoms with Gasteiger partial charge in [-0.05, 0) is 49.9 Å². The molecule has 0 amide bonds. The second-order valence-electron chi connectivity index (χ2n) is 5.62. The monoisotopic (exact) mass is 312 g/mol. The minimum absolute atomic E-state index is 0.0822. The maximum absolute atomic E-state index is 12.4. The van der Waals surface area contributed by atoms with Crippen LogP contribution in [0.2, 0.25) is 0 Å². The Kier molecular flexibility index (Phi) is 4.91. The summed E-state index contributed by atoms with van der Waals surface area (Å²) < 4.78 is 33.5. The molecule has 1 heterocycles. The lowest BCUT2D eigenvalue weighted by molar-refractivity contribution is -0.0905. The summed E-state index contributed by atoms with van der Waals surface area (Å²) in [6, 6.07) is 6.18. The summed E-state index contributed by atoms with van der Waals surface area (Å²) in [6.45, 7) is 4.76. The van der Waals surface area contributed by atoms with Crippen LogP contribution in [-0.4, -0.2) is 26.7 Å². The molecule has 0 aromatic heterocycles. The minimum atomic E-state index is -3.50. The number of hydrogen-bond acceptors (Lipinski definition) is 4. The summed E-state index contributed by atoms with van der Waals surface area (Å²) >= 11 is 0. The highest BCUT2D eigenvalue weighted by molar-refractivity contribution is 7.89. The number of rotatable bonds is 5. The van der Waals surface area contributed by atoms with Gasteiger partial charge in [-0.2, -0.15) is 0 Å². The first kappa shape index (κ1) is 16.3. The van der Waals surface area contributed by atoms with Crippen molar-refractivity contribution in [3.8, 4) is 0 Å². The third kappa shape index (κ3) is 3.75. The highest BCUT2D eigenvalue weighted by Gasteiger charge is 2.36. The summed E-state index contributed by atoms with van der Waals surface area (Å²) in [5.41, 5.74) is 5.94. The molecular formula is C15H24N2O3S. The van der Waals surface area contributed by atoms with E-state index in [9.17, 15) is 8.42 Å². The predicted octanol–water partition coefficient (Wildman–Crippen LogP) is 2.28. The molecule has 1 aromatic rings. The van der Waals surface area contributed by atoms with Gasteiger partial charge in [0.25, 0.3) is 0 Å². The molecule has 1 unspecified atom stereocenters. The zero-order chi connectivity index (χ0) is 15.5. The van der Waals surface area contributed by atoms with Gasteiger partial charge in [0.1, 0.15) is 0 Å². The van der Waals surface area contributed by atoms with E-state index in [0.29, 0.717) is 25.1 Å². The number of nitrogen functional groups attached to an aromatic ring is 1. The lowest BCUT2D eigenvalue weighted by Crippen LogP contribution is -2.48. The van der Waals surface area contributed by atoms with Crippen molar-refractivity contribution >= 4 is 15.7 Å². The number of nitrogens with two attached hydrogens (primary N) is 1. The highest BCUT2D eigenvalue weighted by Crippen LogP contribution is 2.32. The fraction of sp³-hybridized carbons (Fsp3) is 0.600. The van der Waals surface area contributed by atoms with Gasteiger partial charge >= 0.3 is 0 Å². The van der Waals surface area contributed by atoms with Crippen molar-refractivity contribution in [1.29, 1.82) is 0 Å². The van der Waals surface area contributed by atoms with Crippen molar-refractivity contribution in [3.63, 3.8) is 0 Å². The van der Waals surface area contributed by atoms with Crippen molar-refractivity contribution < 1.29 is 13.2 Å². The van der Waals surface area contributed by atoms with E-state index in [1.54, 1.807) is 12.1 Å². The van der Waals surface area contributed by atoms with Crippen molar-refractivity contribution in [2.24, 2.45) is 0 Å². The zero-order valence-electron chi connectivity index (χ0n) is 12.6. The van der Waals surface area contributed by atoms with Gasteiger partial charge in [0.2, 0.25) is 10.0 Å². The molecule has 3 N–H and O–H groups in total. The Morgan fingerprint density at radius 2 is 1.90 bits per heavy atom. The van der Waals surface area contributed by atoms with Crippen LogP contribution in [0.5, 0.6) is 0 Å². The summed E-state index contributed by atoms with van der Waals surface area (Å²) in [5, 5.41) is 0. The molecule has 1 aliphatic heterocycles. The minimum Gasteiger partial charge on any atom is -0.399 e. The summed E-state index contributed by atoms with van der Waals surface area (Å²) in [5.74, 6) is 0. The molecule has 1 aromatic carbocycles. The number of ether oxygens (including phenoxy) is 1. The summed E-state index contributed by atoms with van der Waals surface area (Å²) in [7, 11) is -3.50. The van der Waals surface area contributed by atoms with Gasteiger partial charge in [0.15, 0.2) is 0 Å². The Labute approximate surface area is 126 Å². The van der Waals surface area contributed by atoms with Crippen LogP contribution in [0.3, 0.4) is 0 Å². The van der Waals surface area contributed by atoms with E-state index in [2.05, 4.69) is 18.6 Å². The van der Waals surface area contributed by atoms with Crippen molar-refractivity contribution in [1.82, 2.24) is 4.72 Å². The zero-order valence-corrected chi connectivity index (χ0v) is 13.4. The molecular weight excluding hydrogens is 288 g/mol. The molecule has 2 rings (SSSR count). The van der Waals surface area contributed by atoms with Crippen LogP contribution in [0.15, 0.2) is 29.2 Å². The third-order valence-electron chi connectivity index (χ3n) is 4.29. The van der Waals surface area contributed by atoms with Gasteiger partial charge in [0.05, 0.1) is 10.5 Å². The Balaban J connectivity index is 2.11. The van der Waals surface area contributed by atoms with Crippen LogP contribution in [0.1, 0.15) is 39.5 Å². The van der Waals surface area contributed by atoms with Crippen LogP contribution >= 0.6 is 0 Å². The second-order valence-corrected chi connectivity index (χ2v) is 7.33. The van der Waals surface area contributed by atoms with Gasteiger partial charge in [-0.1, -0.05) is 13.8 Å². The Bertz CT molecular complexity index is 565. The third-order valence-corrected chi connectivity index (χ3v) is 5.83. The van der Waals surface area contributed by atoms with Gasteiger partial charge in [-0.15, -0.1) is 0 Å². The maximum Gasteiger partial charge on any atom is 0.240 e. The average molecular weight is 312 g/mol. The maximum atomic E-state index is 12.4. The Morgan fingerprint density at radius 3 is 2.48 bits per heavy atom. The first-order valence-electron chi connectivity index (χ1n) is 7.42. The van der Waals surface area contributed by atoms with E-state index in [-0.39, 0.29) is 16.5 Å². The fourth-order valence-corrected chi connectivity index (χ4v) is 4.08. The molecule has 5 nitrogen and oxygen atoms in total. The molecule has 6 heteroatoms. The Morgan fingerprint density at radius 1 is 1.29 bits per heavy atom. The van der Waals surface area contributed by atoms with Crippen LogP contribution in [-0.2, 0) is 14.8 Å². The quantitative estimate of drug-likeness (QED) is 0.817. The van der Waals surface area contributed by atoms with E-state index in [1.165, 1.54) is 12.1 Å². The molecule has 1 fully saturated rings. The molecule has 0 radical (unpaired) electrons. The number of sulfonamides is 1. The molecule has 1 saturated heterocycles. The highest BCUT2D eigenvalue weighted by atomic mass is 32.2. The van der Waals surface area contributed by atoms with E-state index < -0.39 is 10.0 Å². The molecule has 0 aliphatic carbocycles. The van der Waals surface area contributed by atoms with Crippen LogP contribution in [0.25, 0.3) is 0 Å². The summed E-state index contributed by atoms with van der Waals surface area (Å²) in [4.78, 5) is 0.252. The van der Waals surface area contributed by atoms with Crippen molar-refractivity contribution in [2.45, 2.75) is 56.1 Å². The van der Waals surface area contributed by atoms with Crippen LogP contribution in [0.4, 0.5) is 5.69 Å². The van der Waals surface area contributed by atoms with E-state index >= 15 is 0 Å². The Hall–Kier alpha value is -1.11. The van der Waals surface area contributed by atoms with Gasteiger partial charge in [0, 0.05) is 18.3 Å². The SMILES string of the molecule is CCC1(CC)CC(NS(=O)(=O)c2ccc(N)cc2)CCO1. The number of anilines is 1. The van der Waals surface area contributed by atoms with Crippen molar-refractivity contribution in [2.75, 3.05) is 12.3 Å².